The lowest BCUT2D eigenvalue weighted by Gasteiger charge is -2.18. The van der Waals surface area contributed by atoms with Gasteiger partial charge in [-0.3, -0.25) is 0 Å². The van der Waals surface area contributed by atoms with E-state index in [0.29, 0.717) is 0 Å². The second kappa shape index (κ2) is 5.36. The van der Waals surface area contributed by atoms with Gasteiger partial charge in [-0.05, 0) is 55.8 Å². The molecular weight excluding hydrogens is 229 g/mol. The first kappa shape index (κ1) is 12.8. The average Bonchev–Trinajstić information content (AvgIpc) is 2.73. The van der Waals surface area contributed by atoms with Gasteiger partial charge in [0, 0.05) is 0 Å². The van der Waals surface area contributed by atoms with E-state index in [2.05, 4.69) is 5.32 Å². The molecular formula is C15H18FNO. The third-order valence-electron chi connectivity index (χ3n) is 3.00. The maximum atomic E-state index is 13.2. The van der Waals surface area contributed by atoms with Crippen molar-refractivity contribution < 1.29 is 8.81 Å². The molecule has 1 N–H and O–H groups in total. The summed E-state index contributed by atoms with van der Waals surface area (Å²) in [5.74, 6) is 1.54. The van der Waals surface area contributed by atoms with Crippen LogP contribution in [0.5, 0.6) is 0 Å². The number of benzene rings is 1. The van der Waals surface area contributed by atoms with Crippen LogP contribution < -0.4 is 5.32 Å². The summed E-state index contributed by atoms with van der Waals surface area (Å²) in [5, 5.41) is 3.37. The minimum Gasteiger partial charge on any atom is -0.464 e. The van der Waals surface area contributed by atoms with E-state index in [1.54, 1.807) is 6.07 Å². The topological polar surface area (TPSA) is 25.2 Å². The van der Waals surface area contributed by atoms with Gasteiger partial charge in [-0.2, -0.15) is 0 Å². The normalized spacial score (nSPS) is 12.7. The molecule has 1 unspecified atom stereocenters. The smallest absolute Gasteiger partial charge is 0.125 e. The standard InChI is InChI=1S/C15H18FNO/c1-4-17-15(14-8-5-11(3)18-14)13-7-6-12(16)9-10(13)2/h5-9,15,17H,4H2,1-3H3. The van der Waals surface area contributed by atoms with Gasteiger partial charge in [-0.15, -0.1) is 0 Å². The van der Waals surface area contributed by atoms with Crippen molar-refractivity contribution in [2.45, 2.75) is 26.8 Å². The molecule has 2 aromatic rings. The monoisotopic (exact) mass is 247 g/mol. The maximum absolute atomic E-state index is 13.2. The molecule has 0 aliphatic carbocycles. The van der Waals surface area contributed by atoms with Crippen LogP contribution in [0.25, 0.3) is 0 Å². The maximum Gasteiger partial charge on any atom is 0.125 e. The summed E-state index contributed by atoms with van der Waals surface area (Å²) in [5.41, 5.74) is 1.97. The first-order chi connectivity index (χ1) is 8.61. The number of furan rings is 1. The van der Waals surface area contributed by atoms with Crippen LogP contribution in [-0.4, -0.2) is 6.54 Å². The molecule has 0 saturated carbocycles. The molecule has 0 radical (unpaired) electrons. The molecule has 1 heterocycles. The van der Waals surface area contributed by atoms with Crippen LogP contribution in [0, 0.1) is 19.7 Å². The molecule has 0 fully saturated rings. The van der Waals surface area contributed by atoms with Crippen LogP contribution in [0.4, 0.5) is 4.39 Å². The van der Waals surface area contributed by atoms with E-state index in [1.165, 1.54) is 6.07 Å². The summed E-state index contributed by atoms with van der Waals surface area (Å²) < 4.78 is 18.8. The fraction of sp³-hybridized carbons (Fsp3) is 0.333. The van der Waals surface area contributed by atoms with Gasteiger partial charge in [0.1, 0.15) is 17.3 Å². The quantitative estimate of drug-likeness (QED) is 0.890. The lowest BCUT2D eigenvalue weighted by molar-refractivity contribution is 0.434. The third kappa shape index (κ3) is 2.62. The Morgan fingerprint density at radius 1 is 1.22 bits per heavy atom. The predicted octanol–water partition coefficient (Wildman–Crippen LogP) is 3.73. The van der Waals surface area contributed by atoms with Crippen LogP contribution in [0.1, 0.15) is 35.6 Å². The Balaban J connectivity index is 2.41. The van der Waals surface area contributed by atoms with E-state index in [4.69, 9.17) is 4.42 Å². The van der Waals surface area contributed by atoms with Gasteiger partial charge in [-0.1, -0.05) is 13.0 Å². The Labute approximate surface area is 107 Å². The van der Waals surface area contributed by atoms with Gasteiger partial charge in [0.25, 0.3) is 0 Å². The Bertz CT molecular complexity index is 533. The zero-order valence-corrected chi connectivity index (χ0v) is 11.0. The highest BCUT2D eigenvalue weighted by Crippen LogP contribution is 2.26. The van der Waals surface area contributed by atoms with E-state index in [-0.39, 0.29) is 11.9 Å². The second-order valence-electron chi connectivity index (χ2n) is 4.44. The first-order valence-corrected chi connectivity index (χ1v) is 6.17. The van der Waals surface area contributed by atoms with Crippen molar-refractivity contribution in [3.63, 3.8) is 0 Å². The Kier molecular flexibility index (Phi) is 3.82. The van der Waals surface area contributed by atoms with Gasteiger partial charge in [0.15, 0.2) is 0 Å². The van der Waals surface area contributed by atoms with E-state index in [1.807, 2.05) is 39.0 Å². The molecule has 18 heavy (non-hydrogen) atoms. The lowest BCUT2D eigenvalue weighted by atomic mass is 9.99. The minimum atomic E-state index is -0.206. The molecule has 1 atom stereocenters. The highest BCUT2D eigenvalue weighted by molar-refractivity contribution is 5.34. The Morgan fingerprint density at radius 2 is 2.00 bits per heavy atom. The summed E-state index contributed by atoms with van der Waals surface area (Å²) in [6.07, 6.45) is 0. The average molecular weight is 247 g/mol. The molecule has 96 valence electrons. The number of hydrogen-bond donors (Lipinski definition) is 1. The highest BCUT2D eigenvalue weighted by Gasteiger charge is 2.18. The van der Waals surface area contributed by atoms with Crippen LogP contribution in [0.3, 0.4) is 0 Å². The molecule has 2 nitrogen and oxygen atoms in total. The van der Waals surface area contributed by atoms with Crippen molar-refractivity contribution in [3.05, 3.63) is 58.8 Å². The number of halogens is 1. The van der Waals surface area contributed by atoms with Crippen LogP contribution in [0.2, 0.25) is 0 Å². The number of hydrogen-bond acceptors (Lipinski definition) is 2. The van der Waals surface area contributed by atoms with Crippen molar-refractivity contribution in [2.75, 3.05) is 6.54 Å². The highest BCUT2D eigenvalue weighted by atomic mass is 19.1. The molecule has 0 spiro atoms. The summed E-state index contributed by atoms with van der Waals surface area (Å²) >= 11 is 0. The van der Waals surface area contributed by atoms with E-state index < -0.39 is 0 Å². The molecule has 1 aromatic heterocycles. The Hall–Kier alpha value is -1.61. The van der Waals surface area contributed by atoms with Crippen LogP contribution in [0.15, 0.2) is 34.7 Å². The number of rotatable bonds is 4. The van der Waals surface area contributed by atoms with Crippen LogP contribution >= 0.6 is 0 Å². The van der Waals surface area contributed by atoms with E-state index in [9.17, 15) is 4.39 Å². The lowest BCUT2D eigenvalue weighted by Crippen LogP contribution is -2.22. The predicted molar refractivity (Wildman–Crippen MR) is 70.1 cm³/mol. The summed E-state index contributed by atoms with van der Waals surface area (Å²) in [7, 11) is 0. The summed E-state index contributed by atoms with van der Waals surface area (Å²) in [6, 6.07) is 8.74. The van der Waals surface area contributed by atoms with Crippen molar-refractivity contribution in [1.82, 2.24) is 5.32 Å². The molecule has 0 aliphatic rings. The fourth-order valence-corrected chi connectivity index (χ4v) is 2.14. The largest absolute Gasteiger partial charge is 0.464 e. The van der Waals surface area contributed by atoms with Gasteiger partial charge in [0.2, 0.25) is 0 Å². The molecule has 0 amide bonds. The number of nitrogens with one attached hydrogen (secondary N) is 1. The van der Waals surface area contributed by atoms with E-state index >= 15 is 0 Å². The first-order valence-electron chi connectivity index (χ1n) is 6.17. The molecule has 3 heteroatoms. The van der Waals surface area contributed by atoms with Crippen LogP contribution in [-0.2, 0) is 0 Å². The molecule has 1 aromatic carbocycles. The van der Waals surface area contributed by atoms with Gasteiger partial charge >= 0.3 is 0 Å². The number of aryl methyl sites for hydroxylation is 2. The van der Waals surface area contributed by atoms with Crippen molar-refractivity contribution >= 4 is 0 Å². The molecule has 0 aliphatic heterocycles. The SMILES string of the molecule is CCNC(c1ccc(C)o1)c1ccc(F)cc1C. The van der Waals surface area contributed by atoms with Crippen molar-refractivity contribution in [1.29, 1.82) is 0 Å². The Morgan fingerprint density at radius 3 is 2.56 bits per heavy atom. The molecule has 0 bridgehead atoms. The summed E-state index contributed by atoms with van der Waals surface area (Å²) in [4.78, 5) is 0. The minimum absolute atomic E-state index is 0.0238. The van der Waals surface area contributed by atoms with E-state index in [0.717, 1.165) is 29.2 Å². The third-order valence-corrected chi connectivity index (χ3v) is 3.00. The zero-order valence-electron chi connectivity index (χ0n) is 11.0. The zero-order chi connectivity index (χ0) is 13.1. The summed E-state index contributed by atoms with van der Waals surface area (Å²) in [6.45, 7) is 6.70. The van der Waals surface area contributed by atoms with Crippen molar-refractivity contribution in [3.8, 4) is 0 Å². The van der Waals surface area contributed by atoms with Gasteiger partial charge in [-0.25, -0.2) is 4.39 Å². The second-order valence-corrected chi connectivity index (χ2v) is 4.44. The fourth-order valence-electron chi connectivity index (χ4n) is 2.14. The van der Waals surface area contributed by atoms with Crippen molar-refractivity contribution in [2.24, 2.45) is 0 Å². The van der Waals surface area contributed by atoms with Gasteiger partial charge in [0.05, 0.1) is 6.04 Å². The van der Waals surface area contributed by atoms with Gasteiger partial charge < -0.3 is 9.73 Å². The molecule has 0 saturated heterocycles. The molecule has 2 rings (SSSR count).